The Labute approximate surface area is 114 Å². The van der Waals surface area contributed by atoms with Gasteiger partial charge in [-0.05, 0) is 0 Å². The molecule has 9 N–H and O–H groups in total. The smallest absolute Gasteiger partial charge is 0.291 e. The maximum absolute atomic E-state index is 8.60. The van der Waals surface area contributed by atoms with E-state index in [-0.39, 0.29) is 5.96 Å². The molecule has 0 heterocycles. The summed E-state index contributed by atoms with van der Waals surface area (Å²) in [6.07, 6.45) is 0. The van der Waals surface area contributed by atoms with Crippen LogP contribution in [0.3, 0.4) is 0 Å². The molecular formula is CH9ClN6O13. The van der Waals surface area contributed by atoms with Crippen molar-refractivity contribution in [3.8, 4) is 0 Å². The van der Waals surface area contributed by atoms with Crippen LogP contribution in [0, 0.1) is 46.0 Å². The molecular weight excluding hydrogens is 339 g/mol. The van der Waals surface area contributed by atoms with Crippen molar-refractivity contribution in [1.29, 1.82) is 5.41 Å². The van der Waals surface area contributed by atoms with Gasteiger partial charge in [-0.2, -0.15) is 14.0 Å². The van der Waals surface area contributed by atoms with Crippen LogP contribution in [0.15, 0.2) is 0 Å². The van der Waals surface area contributed by atoms with E-state index in [0.29, 0.717) is 0 Å². The summed E-state index contributed by atoms with van der Waals surface area (Å²) < 4.78 is 32.7. The number of hydrogen-bond acceptors (Lipinski definition) is 11. The Kier molecular flexibility index (Phi) is 28.4. The highest BCUT2D eigenvalue weighted by atomic mass is 35.7. The van der Waals surface area contributed by atoms with Crippen molar-refractivity contribution in [2.24, 2.45) is 11.5 Å². The number of halogens is 1. The van der Waals surface area contributed by atoms with Crippen LogP contribution in [0.4, 0.5) is 0 Å². The summed E-state index contributed by atoms with van der Waals surface area (Å²) in [7, 11) is -4.69. The van der Waals surface area contributed by atoms with E-state index in [0.717, 1.165) is 0 Å². The standard InChI is InChI=1S/CH5N3.ClHO4.3HNO3/c2-1(3)4;2-1(3,4)5;3*2-1(3)4/h(H5,2,3,4);(H,2,3,4,5);3*(H,2,3,4). The Morgan fingerprint density at radius 1 is 0.857 bits per heavy atom. The molecule has 0 unspecified atom stereocenters. The van der Waals surface area contributed by atoms with E-state index in [9.17, 15) is 0 Å². The van der Waals surface area contributed by atoms with Crippen molar-refractivity contribution < 1.29 is 59.8 Å². The first-order chi connectivity index (χ1) is 8.93. The van der Waals surface area contributed by atoms with Crippen molar-refractivity contribution in [1.82, 2.24) is 0 Å². The number of nitrogens with one attached hydrogen (secondary N) is 1. The first kappa shape index (κ1) is 30.8. The Bertz CT molecular complexity index is 228. The highest BCUT2D eigenvalue weighted by Crippen LogP contribution is 1.60. The number of guanidine groups is 1. The van der Waals surface area contributed by atoms with Crippen molar-refractivity contribution in [2.45, 2.75) is 0 Å². The van der Waals surface area contributed by atoms with Crippen LogP contribution in [0.5, 0.6) is 0 Å². The molecule has 0 fully saturated rings. The third-order valence-electron chi connectivity index (χ3n) is 0. The van der Waals surface area contributed by atoms with Crippen LogP contribution in [-0.4, -0.2) is 41.5 Å². The van der Waals surface area contributed by atoms with Crippen LogP contribution >= 0.6 is 0 Å². The molecule has 0 atom stereocenters. The molecule has 0 aromatic heterocycles. The van der Waals surface area contributed by atoms with Gasteiger partial charge in [-0.15, -0.1) is 30.3 Å². The van der Waals surface area contributed by atoms with Gasteiger partial charge in [-0.25, -0.2) is 0 Å². The summed E-state index contributed by atoms with van der Waals surface area (Å²) in [5.41, 5.74) is 8.94. The minimum atomic E-state index is -4.69. The van der Waals surface area contributed by atoms with Gasteiger partial charge < -0.3 is 27.1 Å². The fourth-order valence-electron chi connectivity index (χ4n) is 0. The molecule has 0 aliphatic heterocycles. The second-order valence-corrected chi connectivity index (χ2v) is 2.36. The van der Waals surface area contributed by atoms with Gasteiger partial charge in [0.2, 0.25) is 0 Å². The highest BCUT2D eigenvalue weighted by Gasteiger charge is 1.98. The average molecular weight is 349 g/mol. The summed E-state index contributed by atoms with van der Waals surface area (Å²) in [6, 6.07) is 0. The number of rotatable bonds is 0. The molecule has 0 saturated carbocycles. The van der Waals surface area contributed by atoms with Crippen LogP contribution in [0.25, 0.3) is 0 Å². The number of hydrogen-bond donors (Lipinski definition) is 7. The first-order valence-corrected chi connectivity index (χ1v) is 4.42. The van der Waals surface area contributed by atoms with Gasteiger partial charge in [0.1, 0.15) is 0 Å². The van der Waals surface area contributed by atoms with E-state index >= 15 is 0 Å². The normalized spacial score (nSPS) is 7.43. The van der Waals surface area contributed by atoms with E-state index in [1.54, 1.807) is 0 Å². The molecule has 0 spiro atoms. The lowest BCUT2D eigenvalue weighted by molar-refractivity contribution is -1.92. The topological polar surface area (TPSA) is 355 Å². The second kappa shape index (κ2) is 19.3. The van der Waals surface area contributed by atoms with Gasteiger partial charge >= 0.3 is 0 Å². The van der Waals surface area contributed by atoms with Crippen molar-refractivity contribution >= 4 is 5.96 Å². The molecule has 0 amide bonds. The van der Waals surface area contributed by atoms with Gasteiger partial charge in [0.25, 0.3) is 15.3 Å². The molecule has 128 valence electrons. The van der Waals surface area contributed by atoms with Crippen LogP contribution in [-0.2, 0) is 0 Å². The minimum absolute atomic E-state index is 0.333. The van der Waals surface area contributed by atoms with Gasteiger partial charge in [0, 0.05) is 0 Å². The largest absolute Gasteiger partial charge is 0.370 e. The molecule has 0 aromatic rings. The van der Waals surface area contributed by atoms with E-state index < -0.39 is 25.5 Å². The third kappa shape index (κ3) is 425. The quantitative estimate of drug-likeness (QED) is 0.0924. The predicted molar refractivity (Wildman–Crippen MR) is 44.7 cm³/mol. The zero-order chi connectivity index (χ0) is 18.8. The summed E-state index contributed by atoms with van der Waals surface area (Å²) >= 11 is 0. The summed E-state index contributed by atoms with van der Waals surface area (Å²) in [5.74, 6) is -0.333. The summed E-state index contributed by atoms with van der Waals surface area (Å²) in [5, 5.41) is 47.0. The molecule has 0 aromatic carbocycles. The SMILES string of the molecule is N=C(N)N.O=[N+]([O-])O.O=[N+]([O-])O.O=[N+]([O-])O.[O-][Cl+3]([O-])([O-])O. The van der Waals surface area contributed by atoms with Gasteiger partial charge in [-0.1, -0.05) is 0 Å². The lowest BCUT2D eigenvalue weighted by atomic mass is 11.1. The molecule has 0 aliphatic carbocycles. The van der Waals surface area contributed by atoms with Gasteiger partial charge in [0.05, 0.1) is 14.9 Å². The Hall–Kier alpha value is -3.00. The van der Waals surface area contributed by atoms with E-state index in [1.165, 1.54) is 0 Å². The van der Waals surface area contributed by atoms with Gasteiger partial charge in [-0.3, -0.25) is 5.41 Å². The first-order valence-electron chi connectivity index (χ1n) is 3.15. The molecule has 20 heteroatoms. The van der Waals surface area contributed by atoms with Crippen LogP contribution in [0.2, 0.25) is 0 Å². The molecule has 0 saturated heterocycles. The predicted octanol–water partition coefficient (Wildman–Crippen LogP) is -6.33. The van der Waals surface area contributed by atoms with E-state index in [4.69, 9.17) is 70.0 Å². The monoisotopic (exact) mass is 348 g/mol. The van der Waals surface area contributed by atoms with Crippen molar-refractivity contribution in [2.75, 3.05) is 0 Å². The fraction of sp³-hybridized carbons (Fsp3) is 0. The maximum Gasteiger partial charge on any atom is 0.291 e. The molecule has 0 rings (SSSR count). The van der Waals surface area contributed by atoms with E-state index in [2.05, 4.69) is 11.5 Å². The summed E-state index contributed by atoms with van der Waals surface area (Å²) in [6.45, 7) is 0. The Balaban J connectivity index is -0.0000000510. The van der Waals surface area contributed by atoms with Crippen molar-refractivity contribution in [3.63, 3.8) is 0 Å². The molecule has 21 heavy (non-hydrogen) atoms. The number of nitrogens with two attached hydrogens (primary N) is 2. The molecule has 0 radical (unpaired) electrons. The zero-order valence-electron chi connectivity index (χ0n) is 9.34. The van der Waals surface area contributed by atoms with Gasteiger partial charge in [0.15, 0.2) is 5.96 Å². The van der Waals surface area contributed by atoms with Crippen LogP contribution < -0.4 is 25.4 Å². The number of nitrogens with zero attached hydrogens (tertiary/aromatic N) is 3. The third-order valence-corrected chi connectivity index (χ3v) is 0. The Morgan fingerprint density at radius 3 is 0.857 bits per heavy atom. The average Bonchev–Trinajstić information content (AvgIpc) is 1.91. The highest BCUT2D eigenvalue weighted by molar-refractivity contribution is 5.71. The maximum atomic E-state index is 8.60. The summed E-state index contributed by atoms with van der Waals surface area (Å²) in [4.78, 5) is 25.1. The molecule has 19 nitrogen and oxygen atoms in total. The van der Waals surface area contributed by atoms with E-state index in [1.807, 2.05) is 0 Å². The second-order valence-electron chi connectivity index (χ2n) is 1.56. The lowest BCUT2D eigenvalue weighted by Gasteiger charge is -2.03. The minimum Gasteiger partial charge on any atom is -0.370 e. The Morgan fingerprint density at radius 2 is 0.857 bits per heavy atom. The molecule has 0 aliphatic rings. The molecule has 0 bridgehead atoms. The van der Waals surface area contributed by atoms with Crippen molar-refractivity contribution in [3.05, 3.63) is 30.3 Å². The fourth-order valence-corrected chi connectivity index (χ4v) is 0. The zero-order valence-corrected chi connectivity index (χ0v) is 10.1. The van der Waals surface area contributed by atoms with Crippen LogP contribution in [0.1, 0.15) is 0 Å². The lowest BCUT2D eigenvalue weighted by Crippen LogP contribution is -2.58.